The number of hydrogen-bond donors (Lipinski definition) is 1. The molecule has 1 saturated heterocycles. The van der Waals surface area contributed by atoms with Crippen LogP contribution in [0.5, 0.6) is 11.5 Å². The molecule has 7 nitrogen and oxygen atoms in total. The van der Waals surface area contributed by atoms with Crippen molar-refractivity contribution in [3.05, 3.63) is 27.6 Å². The van der Waals surface area contributed by atoms with Crippen LogP contribution in [0.1, 0.15) is 12.5 Å². The molecule has 1 heterocycles. The first-order valence-electron chi connectivity index (χ1n) is 6.84. The number of aromatic hydroxyl groups is 1. The maximum Gasteiger partial charge on any atom is 0.326 e. The maximum atomic E-state index is 12.3. The molecule has 1 aliphatic rings. The lowest BCUT2D eigenvalue weighted by molar-refractivity contribution is -0.145. The Balaban J connectivity index is 2.26. The first kappa shape index (κ1) is 18.2. The van der Waals surface area contributed by atoms with Gasteiger partial charge in [0.2, 0.25) is 0 Å². The summed E-state index contributed by atoms with van der Waals surface area (Å²) in [6.07, 6.45) is 1.43. The number of phenols is 1. The molecule has 2 rings (SSSR count). The Bertz CT molecular complexity index is 733. The molecule has 1 aromatic carbocycles. The van der Waals surface area contributed by atoms with E-state index >= 15 is 0 Å². The summed E-state index contributed by atoms with van der Waals surface area (Å²) in [5, 5.41) is 9.19. The smallest absolute Gasteiger partial charge is 0.326 e. The Labute approximate surface area is 147 Å². The van der Waals surface area contributed by atoms with Gasteiger partial charge in [-0.05, 0) is 42.5 Å². The van der Waals surface area contributed by atoms with E-state index in [1.807, 2.05) is 0 Å². The van der Waals surface area contributed by atoms with E-state index in [9.17, 15) is 19.5 Å². The number of halogens is 1. The van der Waals surface area contributed by atoms with Gasteiger partial charge in [0, 0.05) is 0 Å². The number of phenolic OH excluding ortho intramolecular Hbond substituents is 1. The van der Waals surface area contributed by atoms with E-state index in [-0.39, 0.29) is 28.0 Å². The SMILES string of the molecule is CCOC(=O)CN1C(=O)S/C(=C/c2cc(Cl)c(O)c(OC)c2)C1=O. The molecule has 0 aromatic heterocycles. The number of esters is 1. The molecule has 0 aliphatic carbocycles. The molecule has 24 heavy (non-hydrogen) atoms. The highest BCUT2D eigenvalue weighted by Crippen LogP contribution is 2.37. The first-order chi connectivity index (χ1) is 11.4. The molecule has 1 fully saturated rings. The molecule has 1 N–H and O–H groups in total. The fourth-order valence-corrected chi connectivity index (χ4v) is 3.01. The molecule has 0 saturated carbocycles. The summed E-state index contributed by atoms with van der Waals surface area (Å²) in [7, 11) is 1.36. The van der Waals surface area contributed by atoms with E-state index in [0.717, 1.165) is 4.90 Å². The van der Waals surface area contributed by atoms with Crippen molar-refractivity contribution in [2.75, 3.05) is 20.3 Å². The lowest BCUT2D eigenvalue weighted by Crippen LogP contribution is -2.34. The Morgan fingerprint density at radius 2 is 2.12 bits per heavy atom. The molecule has 0 bridgehead atoms. The number of ether oxygens (including phenoxy) is 2. The molecule has 0 unspecified atom stereocenters. The number of nitrogens with zero attached hydrogens (tertiary/aromatic N) is 1. The molecule has 0 atom stereocenters. The zero-order chi connectivity index (χ0) is 17.9. The molecule has 1 aliphatic heterocycles. The highest BCUT2D eigenvalue weighted by atomic mass is 35.5. The van der Waals surface area contributed by atoms with E-state index in [1.54, 1.807) is 6.92 Å². The number of imide groups is 1. The highest BCUT2D eigenvalue weighted by Gasteiger charge is 2.36. The summed E-state index contributed by atoms with van der Waals surface area (Å²) in [5.74, 6) is -1.33. The summed E-state index contributed by atoms with van der Waals surface area (Å²) in [6, 6.07) is 2.90. The van der Waals surface area contributed by atoms with Gasteiger partial charge in [-0.3, -0.25) is 19.3 Å². The standard InChI is InChI=1S/C15H14ClNO6S/c1-3-23-12(18)7-17-14(20)11(24-15(17)21)6-8-4-9(16)13(19)10(5-8)22-2/h4-6,19H,3,7H2,1-2H3/b11-6+. The van der Waals surface area contributed by atoms with Gasteiger partial charge in [0.25, 0.3) is 11.1 Å². The van der Waals surface area contributed by atoms with Gasteiger partial charge in [-0.1, -0.05) is 11.6 Å². The fraction of sp³-hybridized carbons (Fsp3) is 0.267. The number of rotatable bonds is 5. The van der Waals surface area contributed by atoms with Crippen molar-refractivity contribution in [2.45, 2.75) is 6.92 Å². The minimum absolute atomic E-state index is 0.0475. The van der Waals surface area contributed by atoms with Crippen molar-refractivity contribution >= 4 is 46.6 Å². The third-order valence-electron chi connectivity index (χ3n) is 3.03. The minimum atomic E-state index is -0.657. The third kappa shape index (κ3) is 3.82. The monoisotopic (exact) mass is 371 g/mol. The number of carbonyl (C=O) groups is 3. The quantitative estimate of drug-likeness (QED) is 0.628. The van der Waals surface area contributed by atoms with Crippen LogP contribution in [0.3, 0.4) is 0 Å². The molecule has 0 radical (unpaired) electrons. The van der Waals surface area contributed by atoms with Gasteiger partial charge < -0.3 is 14.6 Å². The fourth-order valence-electron chi connectivity index (χ4n) is 1.96. The second-order valence-corrected chi connectivity index (χ2v) is 6.03. The van der Waals surface area contributed by atoms with Crippen LogP contribution < -0.4 is 4.74 Å². The average Bonchev–Trinajstić information content (AvgIpc) is 2.78. The van der Waals surface area contributed by atoms with Gasteiger partial charge in [-0.2, -0.15) is 0 Å². The van der Waals surface area contributed by atoms with Crippen LogP contribution in [0.2, 0.25) is 5.02 Å². The van der Waals surface area contributed by atoms with E-state index in [0.29, 0.717) is 17.3 Å². The summed E-state index contributed by atoms with van der Waals surface area (Å²) >= 11 is 6.60. The van der Waals surface area contributed by atoms with Crippen LogP contribution in [0.4, 0.5) is 4.79 Å². The predicted octanol–water partition coefficient (Wildman–Crippen LogP) is 2.65. The van der Waals surface area contributed by atoms with Gasteiger partial charge in [0.1, 0.15) is 6.54 Å². The zero-order valence-electron chi connectivity index (χ0n) is 12.9. The van der Waals surface area contributed by atoms with Crippen molar-refractivity contribution in [3.63, 3.8) is 0 Å². The largest absolute Gasteiger partial charge is 0.503 e. The summed E-state index contributed by atoms with van der Waals surface area (Å²) in [4.78, 5) is 36.6. The number of carbonyl (C=O) groups excluding carboxylic acids is 3. The Morgan fingerprint density at radius 1 is 1.42 bits per heavy atom. The minimum Gasteiger partial charge on any atom is -0.503 e. The van der Waals surface area contributed by atoms with Crippen molar-refractivity contribution in [1.29, 1.82) is 0 Å². The number of benzene rings is 1. The molecule has 0 spiro atoms. The van der Waals surface area contributed by atoms with Crippen molar-refractivity contribution in [2.24, 2.45) is 0 Å². The average molecular weight is 372 g/mol. The molecule has 128 valence electrons. The van der Waals surface area contributed by atoms with E-state index in [4.69, 9.17) is 21.1 Å². The van der Waals surface area contributed by atoms with Gasteiger partial charge >= 0.3 is 5.97 Å². The first-order valence-corrected chi connectivity index (χ1v) is 8.04. The molecule has 2 amide bonds. The van der Waals surface area contributed by atoms with E-state index in [1.165, 1.54) is 25.3 Å². The number of thioether (sulfide) groups is 1. The summed E-state index contributed by atoms with van der Waals surface area (Å²) < 4.78 is 9.72. The number of amides is 2. The van der Waals surface area contributed by atoms with Gasteiger partial charge in [0.15, 0.2) is 11.5 Å². The second-order valence-electron chi connectivity index (χ2n) is 4.63. The van der Waals surface area contributed by atoms with Crippen LogP contribution in [-0.2, 0) is 14.3 Å². The van der Waals surface area contributed by atoms with Crippen molar-refractivity contribution in [3.8, 4) is 11.5 Å². The number of methoxy groups -OCH3 is 1. The lowest BCUT2D eigenvalue weighted by Gasteiger charge is -2.10. The topological polar surface area (TPSA) is 93.1 Å². The second kappa shape index (κ2) is 7.59. The zero-order valence-corrected chi connectivity index (χ0v) is 14.4. The normalized spacial score (nSPS) is 16.0. The van der Waals surface area contributed by atoms with Crippen molar-refractivity contribution in [1.82, 2.24) is 4.90 Å². The van der Waals surface area contributed by atoms with Gasteiger partial charge in [0.05, 0.1) is 23.6 Å². The summed E-state index contributed by atoms with van der Waals surface area (Å²) in [5.41, 5.74) is 0.469. The third-order valence-corrected chi connectivity index (χ3v) is 4.23. The van der Waals surface area contributed by atoms with Gasteiger partial charge in [-0.25, -0.2) is 0 Å². The van der Waals surface area contributed by atoms with Crippen LogP contribution in [0, 0.1) is 0 Å². The summed E-state index contributed by atoms with van der Waals surface area (Å²) in [6.45, 7) is 1.36. The maximum absolute atomic E-state index is 12.3. The van der Waals surface area contributed by atoms with Crippen LogP contribution in [-0.4, -0.2) is 47.4 Å². The Morgan fingerprint density at radius 3 is 2.75 bits per heavy atom. The van der Waals surface area contributed by atoms with Crippen LogP contribution in [0.25, 0.3) is 6.08 Å². The van der Waals surface area contributed by atoms with Crippen LogP contribution >= 0.6 is 23.4 Å². The van der Waals surface area contributed by atoms with Crippen molar-refractivity contribution < 1.29 is 29.0 Å². The molecular weight excluding hydrogens is 358 g/mol. The Kier molecular flexibility index (Phi) is 5.74. The predicted molar refractivity (Wildman–Crippen MR) is 89.0 cm³/mol. The number of hydrogen-bond acceptors (Lipinski definition) is 7. The van der Waals surface area contributed by atoms with Crippen LogP contribution in [0.15, 0.2) is 17.0 Å². The highest BCUT2D eigenvalue weighted by molar-refractivity contribution is 8.18. The van der Waals surface area contributed by atoms with Gasteiger partial charge in [-0.15, -0.1) is 0 Å². The van der Waals surface area contributed by atoms with E-state index < -0.39 is 23.7 Å². The lowest BCUT2D eigenvalue weighted by atomic mass is 10.2. The Hall–Kier alpha value is -2.19. The molecular formula is C15H14ClNO6S. The molecule has 9 heteroatoms. The van der Waals surface area contributed by atoms with E-state index in [2.05, 4.69) is 0 Å². The molecule has 1 aromatic rings.